The molecule has 0 radical (unpaired) electrons. The summed E-state index contributed by atoms with van der Waals surface area (Å²) in [6.45, 7) is 0. The predicted octanol–water partition coefficient (Wildman–Crippen LogP) is 4.65. The molecular weight excluding hydrogens is 353 g/mol. The maximum atomic E-state index is 12.5. The number of hydrazone groups is 1. The number of azo groups is 1. The lowest BCUT2D eigenvalue weighted by atomic mass is 10.2. The number of non-ortho nitro benzene ring substituents is 1. The number of halogens is 3. The van der Waals surface area contributed by atoms with Gasteiger partial charge in [0.25, 0.3) is 11.5 Å². The van der Waals surface area contributed by atoms with Crippen LogP contribution in [0.3, 0.4) is 0 Å². The van der Waals surface area contributed by atoms with Crippen molar-refractivity contribution >= 4 is 22.9 Å². The van der Waals surface area contributed by atoms with Crippen molar-refractivity contribution in [2.24, 2.45) is 15.3 Å². The van der Waals surface area contributed by atoms with Gasteiger partial charge in [-0.1, -0.05) is 0 Å². The first-order valence-corrected chi connectivity index (χ1v) is 6.87. The Bertz CT molecular complexity index is 884. The van der Waals surface area contributed by atoms with E-state index < -0.39 is 16.7 Å². The molecule has 2 aromatic rings. The highest BCUT2D eigenvalue weighted by Crippen LogP contribution is 2.29. The number of nitriles is 1. The van der Waals surface area contributed by atoms with E-state index in [2.05, 4.69) is 20.8 Å². The van der Waals surface area contributed by atoms with Crippen molar-refractivity contribution in [1.29, 1.82) is 5.26 Å². The molecule has 0 atom stereocenters. The maximum absolute atomic E-state index is 12.5. The third-order valence-corrected chi connectivity index (χ3v) is 2.92. The minimum absolute atomic E-state index is 0.123. The van der Waals surface area contributed by atoms with Crippen LogP contribution in [0.4, 0.5) is 30.2 Å². The lowest BCUT2D eigenvalue weighted by Gasteiger charge is -2.06. The van der Waals surface area contributed by atoms with Crippen molar-refractivity contribution in [3.8, 4) is 6.07 Å². The number of benzene rings is 2. The normalized spacial score (nSPS) is 12.0. The monoisotopic (exact) mass is 362 g/mol. The van der Waals surface area contributed by atoms with Crippen molar-refractivity contribution in [3.05, 3.63) is 64.2 Å². The van der Waals surface area contributed by atoms with Gasteiger partial charge < -0.3 is 0 Å². The van der Waals surface area contributed by atoms with E-state index in [1.54, 1.807) is 6.07 Å². The van der Waals surface area contributed by atoms with Crippen molar-refractivity contribution in [2.45, 2.75) is 6.18 Å². The Labute approximate surface area is 144 Å². The van der Waals surface area contributed by atoms with Crippen LogP contribution in [-0.4, -0.2) is 10.8 Å². The SMILES string of the molecule is N#CC(N=Nc1ccc([N+](=O)[O-])cc1)=NNc1ccc(C(F)(F)F)cc1. The van der Waals surface area contributed by atoms with E-state index in [-0.39, 0.29) is 22.9 Å². The number of nitrogens with one attached hydrogen (secondary N) is 1. The van der Waals surface area contributed by atoms with Gasteiger partial charge in [0.05, 0.1) is 21.9 Å². The van der Waals surface area contributed by atoms with Crippen LogP contribution in [0, 0.1) is 21.4 Å². The summed E-state index contributed by atoms with van der Waals surface area (Å²) in [5, 5.41) is 30.4. The molecule has 1 N–H and O–H groups in total. The van der Waals surface area contributed by atoms with Crippen LogP contribution in [0.2, 0.25) is 0 Å². The summed E-state index contributed by atoms with van der Waals surface area (Å²) in [5.74, 6) is -0.386. The number of nitro benzene ring substituents is 1. The minimum Gasteiger partial charge on any atom is -0.276 e. The van der Waals surface area contributed by atoms with Crippen LogP contribution in [-0.2, 0) is 6.18 Å². The lowest BCUT2D eigenvalue weighted by molar-refractivity contribution is -0.384. The third-order valence-electron chi connectivity index (χ3n) is 2.92. The quantitative estimate of drug-likeness (QED) is 0.280. The van der Waals surface area contributed by atoms with E-state index in [9.17, 15) is 23.3 Å². The third kappa shape index (κ3) is 5.10. The zero-order chi connectivity index (χ0) is 19.2. The Morgan fingerprint density at radius 2 is 1.73 bits per heavy atom. The molecule has 2 aromatic carbocycles. The molecule has 0 aliphatic rings. The fourth-order valence-electron chi connectivity index (χ4n) is 1.67. The molecule has 0 aromatic heterocycles. The van der Waals surface area contributed by atoms with Crippen LogP contribution in [0.15, 0.2) is 63.9 Å². The second kappa shape index (κ2) is 7.84. The summed E-state index contributed by atoms with van der Waals surface area (Å²) in [6, 6.07) is 10.8. The van der Waals surface area contributed by atoms with Gasteiger partial charge >= 0.3 is 6.18 Å². The Hall–Kier alpha value is -3.81. The van der Waals surface area contributed by atoms with Crippen molar-refractivity contribution < 1.29 is 18.1 Å². The standard InChI is InChI=1S/C15H9F3N6O2/c16-15(17,18)10-1-3-11(4-2-10)20-22-14(9-19)23-21-12-5-7-13(8-6-12)24(25)26/h1-8,20H. The molecule has 0 spiro atoms. The topological polar surface area (TPSA) is 116 Å². The molecular formula is C15H9F3N6O2. The number of hydrogen-bond donors (Lipinski definition) is 1. The molecule has 0 fully saturated rings. The van der Waals surface area contributed by atoms with E-state index in [0.29, 0.717) is 0 Å². The highest BCUT2D eigenvalue weighted by atomic mass is 19.4. The Balaban J connectivity index is 2.06. The molecule has 0 saturated carbocycles. The largest absolute Gasteiger partial charge is 0.416 e. The highest BCUT2D eigenvalue weighted by molar-refractivity contribution is 5.97. The Morgan fingerprint density at radius 3 is 2.23 bits per heavy atom. The van der Waals surface area contributed by atoms with Gasteiger partial charge in [-0.2, -0.15) is 18.4 Å². The first-order valence-electron chi connectivity index (χ1n) is 6.87. The Morgan fingerprint density at radius 1 is 1.12 bits per heavy atom. The summed E-state index contributed by atoms with van der Waals surface area (Å²) in [6.07, 6.45) is -4.45. The van der Waals surface area contributed by atoms with Crippen molar-refractivity contribution in [2.75, 3.05) is 5.43 Å². The number of hydrogen-bond acceptors (Lipinski definition) is 6. The molecule has 0 aliphatic heterocycles. The van der Waals surface area contributed by atoms with Crippen molar-refractivity contribution in [3.63, 3.8) is 0 Å². The maximum Gasteiger partial charge on any atom is 0.416 e. The molecule has 0 amide bonds. The molecule has 0 aliphatic carbocycles. The van der Waals surface area contributed by atoms with Gasteiger partial charge in [-0.15, -0.1) is 15.3 Å². The number of alkyl halides is 3. The number of amidine groups is 1. The van der Waals surface area contributed by atoms with Gasteiger partial charge in [-0.05, 0) is 36.4 Å². The smallest absolute Gasteiger partial charge is 0.276 e. The Kier molecular flexibility index (Phi) is 5.59. The second-order valence-corrected chi connectivity index (χ2v) is 4.71. The zero-order valence-corrected chi connectivity index (χ0v) is 12.8. The molecule has 0 heterocycles. The summed E-state index contributed by atoms with van der Waals surface area (Å²) in [7, 11) is 0. The lowest BCUT2D eigenvalue weighted by Crippen LogP contribution is -2.04. The molecule has 8 nitrogen and oxygen atoms in total. The van der Waals surface area contributed by atoms with Gasteiger partial charge in [0.2, 0.25) is 0 Å². The van der Waals surface area contributed by atoms with E-state index >= 15 is 0 Å². The summed E-state index contributed by atoms with van der Waals surface area (Å²) in [5.41, 5.74) is 1.93. The van der Waals surface area contributed by atoms with Crippen LogP contribution < -0.4 is 5.43 Å². The molecule has 26 heavy (non-hydrogen) atoms. The number of rotatable bonds is 4. The second-order valence-electron chi connectivity index (χ2n) is 4.71. The molecule has 0 bridgehead atoms. The zero-order valence-electron chi connectivity index (χ0n) is 12.8. The molecule has 2 rings (SSSR count). The van der Waals surface area contributed by atoms with Gasteiger partial charge in [0.1, 0.15) is 6.07 Å². The van der Waals surface area contributed by atoms with Crippen LogP contribution in [0.5, 0.6) is 0 Å². The predicted molar refractivity (Wildman–Crippen MR) is 85.7 cm³/mol. The van der Waals surface area contributed by atoms with Crippen molar-refractivity contribution in [1.82, 2.24) is 0 Å². The number of nitrogens with zero attached hydrogens (tertiary/aromatic N) is 5. The molecule has 0 unspecified atom stereocenters. The molecule has 0 saturated heterocycles. The van der Waals surface area contributed by atoms with Gasteiger partial charge in [-0.25, -0.2) is 0 Å². The van der Waals surface area contributed by atoms with E-state index in [1.165, 1.54) is 24.3 Å². The minimum atomic E-state index is -4.45. The average molecular weight is 362 g/mol. The van der Waals surface area contributed by atoms with Gasteiger partial charge in [-0.3, -0.25) is 15.5 Å². The summed E-state index contributed by atoms with van der Waals surface area (Å²) in [4.78, 5) is 9.97. The summed E-state index contributed by atoms with van der Waals surface area (Å²) >= 11 is 0. The van der Waals surface area contributed by atoms with E-state index in [1.807, 2.05) is 0 Å². The summed E-state index contributed by atoms with van der Waals surface area (Å²) < 4.78 is 37.4. The first kappa shape index (κ1) is 18.5. The number of nitro groups is 1. The van der Waals surface area contributed by atoms with E-state index in [4.69, 9.17) is 5.26 Å². The fraction of sp³-hybridized carbons (Fsp3) is 0.0667. The average Bonchev–Trinajstić information content (AvgIpc) is 2.62. The first-order chi connectivity index (χ1) is 12.3. The molecule has 11 heteroatoms. The van der Waals surface area contributed by atoms with Gasteiger partial charge in [0.15, 0.2) is 0 Å². The van der Waals surface area contributed by atoms with Crippen LogP contribution in [0.1, 0.15) is 5.56 Å². The van der Waals surface area contributed by atoms with Gasteiger partial charge in [0, 0.05) is 12.1 Å². The van der Waals surface area contributed by atoms with E-state index in [0.717, 1.165) is 24.3 Å². The molecule has 132 valence electrons. The fourth-order valence-corrected chi connectivity index (χ4v) is 1.67. The number of anilines is 1. The van der Waals surface area contributed by atoms with Crippen LogP contribution >= 0.6 is 0 Å². The van der Waals surface area contributed by atoms with Crippen LogP contribution in [0.25, 0.3) is 0 Å². The highest BCUT2D eigenvalue weighted by Gasteiger charge is 2.29.